The minimum absolute atomic E-state index is 0.0321. The molecule has 0 unspecified atom stereocenters. The van der Waals surface area contributed by atoms with Gasteiger partial charge in [0.05, 0.1) is 24.7 Å². The predicted molar refractivity (Wildman–Crippen MR) is 164 cm³/mol. The number of aromatic nitrogens is 5. The first-order valence-electron chi connectivity index (χ1n) is 14.4. The Labute approximate surface area is 276 Å². The highest BCUT2D eigenvalue weighted by molar-refractivity contribution is 7.84. The van der Waals surface area contributed by atoms with Crippen molar-refractivity contribution in [2.45, 2.75) is 44.0 Å². The number of ketones is 1. The molecule has 2 aliphatic heterocycles. The lowest BCUT2D eigenvalue weighted by molar-refractivity contribution is -0.152. The number of carbonyl (C=O) groups excluding carboxylic acids is 3. The molecule has 2 amide bonds. The summed E-state index contributed by atoms with van der Waals surface area (Å²) < 4.78 is 40.2. The zero-order valence-corrected chi connectivity index (χ0v) is 26.5. The summed E-state index contributed by atoms with van der Waals surface area (Å²) in [7, 11) is -4.96. The molecule has 0 saturated carbocycles. The van der Waals surface area contributed by atoms with Crippen molar-refractivity contribution < 1.29 is 46.8 Å². The Morgan fingerprint density at radius 3 is 2.60 bits per heavy atom. The van der Waals surface area contributed by atoms with E-state index in [0.717, 1.165) is 37.3 Å². The van der Waals surface area contributed by atoms with Crippen LogP contribution < -0.4 is 21.1 Å². The van der Waals surface area contributed by atoms with Crippen molar-refractivity contribution in [2.24, 2.45) is 11.1 Å². The molecule has 48 heavy (non-hydrogen) atoms. The highest BCUT2D eigenvalue weighted by Crippen LogP contribution is 2.33. The Morgan fingerprint density at radius 1 is 1.23 bits per heavy atom. The molecule has 0 spiro atoms. The van der Waals surface area contributed by atoms with Crippen LogP contribution in [0.15, 0.2) is 41.5 Å². The molecule has 0 aromatic carbocycles. The Hall–Kier alpha value is -5.06. The number of oxime groups is 1. The van der Waals surface area contributed by atoms with Crippen molar-refractivity contribution in [3.63, 3.8) is 0 Å². The molecule has 3 atom stereocenters. The number of carbonyl (C=O) groups is 4. The van der Waals surface area contributed by atoms with Gasteiger partial charge in [0.2, 0.25) is 5.91 Å². The van der Waals surface area contributed by atoms with Crippen LogP contribution in [0, 0.1) is 5.92 Å². The lowest BCUT2D eigenvalue weighted by atomic mass is 9.84. The van der Waals surface area contributed by atoms with Crippen molar-refractivity contribution in [1.82, 2.24) is 39.7 Å². The van der Waals surface area contributed by atoms with Gasteiger partial charge < -0.3 is 31.0 Å². The second-order valence-corrected chi connectivity index (χ2v) is 12.8. The number of aliphatic carboxylic acids is 1. The molecule has 5 heterocycles. The van der Waals surface area contributed by atoms with Crippen LogP contribution in [-0.4, -0.2) is 114 Å². The number of ether oxygens (including phenoxy) is 1. The van der Waals surface area contributed by atoms with Gasteiger partial charge in [0.15, 0.2) is 16.6 Å². The molecule has 20 nitrogen and oxygen atoms in total. The van der Waals surface area contributed by atoms with Gasteiger partial charge in [-0.15, -0.1) is 11.3 Å². The second-order valence-electron chi connectivity index (χ2n) is 10.7. The zero-order valence-electron chi connectivity index (χ0n) is 24.9. The van der Waals surface area contributed by atoms with Crippen LogP contribution in [0.3, 0.4) is 0 Å². The van der Waals surface area contributed by atoms with Crippen LogP contribution in [0.2, 0.25) is 0 Å². The van der Waals surface area contributed by atoms with E-state index in [2.05, 4.69) is 35.8 Å². The standard InChI is InChI=1S/C26H30N10O10S2/c27-26-33-18(11-47-26)22(20(37)7-16-19(9-35-13-29-12-31-35)36(24(16)39)48(42,43)44)34-46-21(25(40)41)10-45-15-1-2-17(30-8-15)23(38)32-14-3-5-28-6-4-14/h1-2,8,11-14,16,19,21,28H,3-7,9-10H2,(H2,27,33)(H,32,38)(H,40,41)(H,42,43,44)/b34-22-/t16-,19+,21-/m0/s1. The SMILES string of the molecule is Nc1nc(/C(=N/O[C@@H](COc2ccc(C(=O)NC3CCNCC3)nc2)C(=O)O)C(=O)C[C@@H]2C(=O)N(S(=O)(=O)O)[C@@H]2Cn2cncn2)cs1. The minimum atomic E-state index is -4.96. The number of hydrogen-bond donors (Lipinski definition) is 5. The first-order valence-corrected chi connectivity index (χ1v) is 16.6. The number of pyridine rings is 1. The monoisotopic (exact) mass is 706 g/mol. The maximum Gasteiger partial charge on any atom is 0.362 e. The Bertz CT molecular complexity index is 1780. The van der Waals surface area contributed by atoms with E-state index in [1.54, 1.807) is 0 Å². The summed E-state index contributed by atoms with van der Waals surface area (Å²) in [6.45, 7) is 0.799. The maximum atomic E-state index is 13.5. The number of hydrogen-bond acceptors (Lipinski definition) is 16. The van der Waals surface area contributed by atoms with E-state index in [1.165, 1.54) is 41.0 Å². The van der Waals surface area contributed by atoms with Gasteiger partial charge in [-0.05, 0) is 38.1 Å². The topological polar surface area (TPSA) is 284 Å². The predicted octanol–water partition coefficient (Wildman–Crippen LogP) is -1.26. The highest BCUT2D eigenvalue weighted by atomic mass is 32.2. The molecule has 2 saturated heterocycles. The number of Topliss-reactive ketones (excluding diaryl/α,β-unsaturated/α-hetero) is 1. The number of carboxylic acids is 1. The van der Waals surface area contributed by atoms with Crippen molar-refractivity contribution in [3.05, 3.63) is 47.8 Å². The smallest absolute Gasteiger partial charge is 0.362 e. The third-order valence-electron chi connectivity index (χ3n) is 7.41. The summed E-state index contributed by atoms with van der Waals surface area (Å²) in [5.41, 5.74) is 5.29. The summed E-state index contributed by atoms with van der Waals surface area (Å²) in [5.74, 6) is -4.87. The van der Waals surface area contributed by atoms with E-state index in [0.29, 0.717) is 0 Å². The van der Waals surface area contributed by atoms with Gasteiger partial charge in [-0.1, -0.05) is 5.16 Å². The molecule has 256 valence electrons. The summed E-state index contributed by atoms with van der Waals surface area (Å²) in [6.07, 6.45) is 2.92. The molecule has 0 aliphatic carbocycles. The van der Waals surface area contributed by atoms with Crippen LogP contribution >= 0.6 is 11.3 Å². The van der Waals surface area contributed by atoms with Gasteiger partial charge in [-0.3, -0.25) is 23.6 Å². The third-order valence-corrected chi connectivity index (χ3v) is 9.04. The van der Waals surface area contributed by atoms with E-state index in [4.69, 9.17) is 15.3 Å². The number of amides is 2. The van der Waals surface area contributed by atoms with Gasteiger partial charge in [0.25, 0.3) is 12.0 Å². The van der Waals surface area contributed by atoms with Crippen LogP contribution in [0.25, 0.3) is 0 Å². The number of β-lactam (4-membered cyclic amide) rings is 1. The fraction of sp³-hybridized carbons (Fsp3) is 0.423. The number of anilines is 1. The molecule has 6 N–H and O–H groups in total. The first-order chi connectivity index (χ1) is 22.9. The number of carboxylic acid groups (broad SMARTS) is 1. The number of nitrogens with zero attached hydrogens (tertiary/aromatic N) is 7. The van der Waals surface area contributed by atoms with E-state index in [9.17, 15) is 37.3 Å². The number of piperidine rings is 1. The number of nitrogens with one attached hydrogen (secondary N) is 2. The average molecular weight is 707 g/mol. The normalized spacial score (nSPS) is 19.3. The molecule has 22 heteroatoms. The summed E-state index contributed by atoms with van der Waals surface area (Å²) in [5, 5.41) is 24.9. The second kappa shape index (κ2) is 14.8. The summed E-state index contributed by atoms with van der Waals surface area (Å²) in [6, 6.07) is 1.69. The molecule has 2 aliphatic rings. The molecule has 0 radical (unpaired) electrons. The zero-order chi connectivity index (χ0) is 34.4. The van der Waals surface area contributed by atoms with Crippen molar-refractivity contribution in [3.8, 4) is 5.75 Å². The fourth-order valence-corrected chi connectivity index (χ4v) is 6.46. The van der Waals surface area contributed by atoms with Gasteiger partial charge in [0.1, 0.15) is 36.4 Å². The van der Waals surface area contributed by atoms with E-state index in [1.807, 2.05) is 0 Å². The quantitative estimate of drug-likeness (QED) is 0.0533. The summed E-state index contributed by atoms with van der Waals surface area (Å²) >= 11 is 0.950. The fourth-order valence-electron chi connectivity index (χ4n) is 4.99. The van der Waals surface area contributed by atoms with E-state index < -0.39 is 64.8 Å². The first kappa shape index (κ1) is 34.3. The molecule has 0 bridgehead atoms. The lowest BCUT2D eigenvalue weighted by Gasteiger charge is -2.43. The minimum Gasteiger partial charge on any atom is -0.487 e. The van der Waals surface area contributed by atoms with Crippen molar-refractivity contribution in [1.29, 1.82) is 0 Å². The van der Waals surface area contributed by atoms with Crippen LogP contribution in [-0.2, 0) is 36.1 Å². The van der Waals surface area contributed by atoms with E-state index >= 15 is 0 Å². The van der Waals surface area contributed by atoms with Gasteiger partial charge in [-0.25, -0.2) is 24.1 Å². The van der Waals surface area contributed by atoms with Gasteiger partial charge >= 0.3 is 16.3 Å². The molecule has 5 rings (SSSR count). The number of thiazole rings is 1. The maximum absolute atomic E-state index is 13.5. The lowest BCUT2D eigenvalue weighted by Crippen LogP contribution is -2.64. The average Bonchev–Trinajstić information content (AvgIpc) is 3.73. The highest BCUT2D eigenvalue weighted by Gasteiger charge is 2.54. The Morgan fingerprint density at radius 2 is 2.00 bits per heavy atom. The largest absolute Gasteiger partial charge is 0.487 e. The number of nitrogen functional groups attached to an aromatic ring is 1. The van der Waals surface area contributed by atoms with Crippen LogP contribution in [0.4, 0.5) is 5.13 Å². The van der Waals surface area contributed by atoms with Crippen LogP contribution in [0.5, 0.6) is 5.75 Å². The molecular weight excluding hydrogens is 676 g/mol. The van der Waals surface area contributed by atoms with Gasteiger partial charge in [0, 0.05) is 17.8 Å². The number of nitrogens with two attached hydrogens (primary N) is 1. The molecule has 3 aromatic heterocycles. The summed E-state index contributed by atoms with van der Waals surface area (Å²) in [4.78, 5) is 67.7. The van der Waals surface area contributed by atoms with Crippen LogP contribution in [0.1, 0.15) is 35.4 Å². The Balaban J connectivity index is 1.26. The molecule has 2 fully saturated rings. The van der Waals surface area contributed by atoms with Gasteiger partial charge in [-0.2, -0.15) is 13.5 Å². The molecular formula is C26H30N10O10S2. The van der Waals surface area contributed by atoms with E-state index in [-0.39, 0.29) is 45.1 Å². The molecule has 3 aromatic rings. The Kier molecular flexibility index (Phi) is 10.6. The number of rotatable bonds is 15. The van der Waals surface area contributed by atoms with Crippen molar-refractivity contribution in [2.75, 3.05) is 25.4 Å². The van der Waals surface area contributed by atoms with Crippen molar-refractivity contribution >= 4 is 56.1 Å². The third kappa shape index (κ3) is 8.26.